The van der Waals surface area contributed by atoms with Crippen LogP contribution in [0.1, 0.15) is 39.8 Å². The average molecular weight is 434 g/mol. The molecule has 1 aromatic heterocycles. The van der Waals surface area contributed by atoms with Gasteiger partial charge in [-0.25, -0.2) is 0 Å². The van der Waals surface area contributed by atoms with Gasteiger partial charge in [0, 0.05) is 26.5 Å². The van der Waals surface area contributed by atoms with Gasteiger partial charge in [0.2, 0.25) is 0 Å². The lowest BCUT2D eigenvalue weighted by atomic mass is 9.88. The van der Waals surface area contributed by atoms with Crippen molar-refractivity contribution >= 4 is 51.0 Å². The van der Waals surface area contributed by atoms with Crippen molar-refractivity contribution in [2.24, 2.45) is 5.92 Å². The number of benzene rings is 1. The quantitative estimate of drug-likeness (QED) is 0.687. The van der Waals surface area contributed by atoms with Gasteiger partial charge >= 0.3 is 0 Å². The summed E-state index contributed by atoms with van der Waals surface area (Å²) in [6.07, 6.45) is 5.81. The number of rotatable bonds is 3. The molecule has 1 atom stereocenters. The molecule has 0 spiro atoms. The molecule has 1 aliphatic carbocycles. The molecule has 0 saturated carbocycles. The van der Waals surface area contributed by atoms with Gasteiger partial charge in [-0.1, -0.05) is 35.0 Å². The number of hydrogen-bond donors (Lipinski definition) is 1. The molecule has 0 fully saturated rings. The minimum Gasteiger partial charge on any atom is -0.348 e. The second-order valence-electron chi connectivity index (χ2n) is 6.80. The van der Waals surface area contributed by atoms with E-state index in [-0.39, 0.29) is 5.91 Å². The van der Waals surface area contributed by atoms with E-state index in [1.54, 1.807) is 22.2 Å². The standard InChI is InChI=1S/C20H20BrNOS2/c1-12-5-6-15-16-11-24-19(9-18(16)25-17(15)7-12)20(23)22-10-13-3-2-4-14(21)8-13/h2-4,8-9,12H,5-7,10-11H2,1H3,(H,22,23)/t12-/m0/s1. The van der Waals surface area contributed by atoms with Crippen molar-refractivity contribution in [1.82, 2.24) is 5.32 Å². The normalized spacial score (nSPS) is 19.0. The van der Waals surface area contributed by atoms with Crippen LogP contribution in [0.2, 0.25) is 0 Å². The van der Waals surface area contributed by atoms with E-state index >= 15 is 0 Å². The number of amides is 1. The Morgan fingerprint density at radius 2 is 2.24 bits per heavy atom. The van der Waals surface area contributed by atoms with Crippen LogP contribution in [-0.2, 0) is 29.9 Å². The third kappa shape index (κ3) is 3.74. The Balaban J connectivity index is 1.48. The van der Waals surface area contributed by atoms with Gasteiger partial charge in [-0.05, 0) is 60.1 Å². The van der Waals surface area contributed by atoms with Crippen molar-refractivity contribution < 1.29 is 4.79 Å². The Bertz CT molecular complexity index is 855. The van der Waals surface area contributed by atoms with Crippen molar-refractivity contribution in [2.75, 3.05) is 0 Å². The Morgan fingerprint density at radius 3 is 3.08 bits per heavy atom. The van der Waals surface area contributed by atoms with E-state index < -0.39 is 0 Å². The van der Waals surface area contributed by atoms with Gasteiger partial charge in [-0.3, -0.25) is 4.79 Å². The fourth-order valence-electron chi connectivity index (χ4n) is 3.47. The molecule has 1 aromatic carbocycles. The van der Waals surface area contributed by atoms with Crippen molar-refractivity contribution in [3.63, 3.8) is 0 Å². The van der Waals surface area contributed by atoms with Crippen molar-refractivity contribution in [3.05, 3.63) is 60.1 Å². The Labute approximate surface area is 165 Å². The van der Waals surface area contributed by atoms with Crippen LogP contribution in [0.15, 0.2) is 33.6 Å². The van der Waals surface area contributed by atoms with Gasteiger partial charge < -0.3 is 5.32 Å². The summed E-state index contributed by atoms with van der Waals surface area (Å²) in [5, 5.41) is 3.05. The number of carbonyl (C=O) groups excluding carboxylic acids is 1. The van der Waals surface area contributed by atoms with E-state index in [9.17, 15) is 4.79 Å². The first-order chi connectivity index (χ1) is 12.1. The number of halogens is 1. The van der Waals surface area contributed by atoms with Crippen LogP contribution in [0, 0.1) is 5.92 Å². The number of nitrogens with one attached hydrogen (secondary N) is 1. The van der Waals surface area contributed by atoms with E-state index in [1.165, 1.54) is 29.7 Å². The van der Waals surface area contributed by atoms with Crippen LogP contribution in [0.4, 0.5) is 0 Å². The second-order valence-corrected chi connectivity index (χ2v) is 9.87. The van der Waals surface area contributed by atoms with Crippen molar-refractivity contribution in [2.45, 2.75) is 38.5 Å². The highest BCUT2D eigenvalue weighted by Crippen LogP contribution is 2.43. The molecule has 2 aromatic rings. The number of thioether (sulfide) groups is 1. The van der Waals surface area contributed by atoms with Crippen LogP contribution in [-0.4, -0.2) is 5.91 Å². The van der Waals surface area contributed by atoms with Gasteiger partial charge in [0.1, 0.15) is 0 Å². The summed E-state index contributed by atoms with van der Waals surface area (Å²) in [4.78, 5) is 16.3. The highest BCUT2D eigenvalue weighted by Gasteiger charge is 2.26. The molecule has 4 rings (SSSR count). The molecule has 0 unspecified atom stereocenters. The predicted octanol–water partition coefficient (Wildman–Crippen LogP) is 5.54. The fraction of sp³-hybridized carbons (Fsp3) is 0.350. The Kier molecular flexibility index (Phi) is 5.07. The summed E-state index contributed by atoms with van der Waals surface area (Å²) in [5.41, 5.74) is 4.17. The van der Waals surface area contributed by atoms with E-state index in [1.807, 2.05) is 35.6 Å². The molecular weight excluding hydrogens is 414 g/mol. The molecule has 1 aliphatic heterocycles. The minimum absolute atomic E-state index is 0.0374. The average Bonchev–Trinajstić information content (AvgIpc) is 2.96. The van der Waals surface area contributed by atoms with Crippen molar-refractivity contribution in [1.29, 1.82) is 0 Å². The summed E-state index contributed by atoms with van der Waals surface area (Å²) < 4.78 is 1.04. The fourth-order valence-corrected chi connectivity index (χ4v) is 6.59. The predicted molar refractivity (Wildman–Crippen MR) is 111 cm³/mol. The summed E-state index contributed by atoms with van der Waals surface area (Å²) in [5.74, 6) is 1.76. The Morgan fingerprint density at radius 1 is 1.36 bits per heavy atom. The van der Waals surface area contributed by atoms with Gasteiger partial charge in [0.15, 0.2) is 0 Å². The zero-order valence-corrected chi connectivity index (χ0v) is 17.3. The molecule has 0 saturated heterocycles. The lowest BCUT2D eigenvalue weighted by Crippen LogP contribution is -2.24. The lowest BCUT2D eigenvalue weighted by Gasteiger charge is -2.20. The first-order valence-corrected chi connectivity index (χ1v) is 11.2. The zero-order valence-electron chi connectivity index (χ0n) is 14.1. The summed E-state index contributed by atoms with van der Waals surface area (Å²) >= 11 is 7.05. The smallest absolute Gasteiger partial charge is 0.258 e. The minimum atomic E-state index is 0.0374. The third-order valence-electron chi connectivity index (χ3n) is 4.85. The molecule has 0 bridgehead atoms. The van der Waals surface area contributed by atoms with Gasteiger partial charge in [-0.2, -0.15) is 0 Å². The highest BCUT2D eigenvalue weighted by molar-refractivity contribution is 9.10. The number of thiophene rings is 1. The van der Waals surface area contributed by atoms with Crippen LogP contribution in [0.5, 0.6) is 0 Å². The molecule has 2 nitrogen and oxygen atoms in total. The zero-order chi connectivity index (χ0) is 17.4. The van der Waals surface area contributed by atoms with Crippen LogP contribution in [0.25, 0.3) is 6.08 Å². The van der Waals surface area contributed by atoms with Crippen molar-refractivity contribution in [3.8, 4) is 0 Å². The molecule has 1 amide bonds. The van der Waals surface area contributed by atoms with Gasteiger partial charge in [-0.15, -0.1) is 23.1 Å². The van der Waals surface area contributed by atoms with Crippen LogP contribution >= 0.6 is 39.0 Å². The number of carbonyl (C=O) groups is 1. The lowest BCUT2D eigenvalue weighted by molar-refractivity contribution is -0.116. The summed E-state index contributed by atoms with van der Waals surface area (Å²) in [6.45, 7) is 2.90. The molecular formula is C20H20BrNOS2. The second kappa shape index (κ2) is 7.29. The van der Waals surface area contributed by atoms with E-state index in [2.05, 4.69) is 34.2 Å². The molecule has 1 N–H and O–H groups in total. The molecule has 5 heteroatoms. The largest absolute Gasteiger partial charge is 0.348 e. The third-order valence-corrected chi connectivity index (χ3v) is 7.64. The van der Waals surface area contributed by atoms with Gasteiger partial charge in [0.25, 0.3) is 5.91 Å². The van der Waals surface area contributed by atoms with Crippen LogP contribution in [0.3, 0.4) is 0 Å². The molecule has 0 radical (unpaired) electrons. The van der Waals surface area contributed by atoms with Gasteiger partial charge in [0.05, 0.1) is 4.91 Å². The molecule has 130 valence electrons. The highest BCUT2D eigenvalue weighted by atomic mass is 79.9. The summed E-state index contributed by atoms with van der Waals surface area (Å²) in [6, 6.07) is 8.05. The maximum atomic E-state index is 12.6. The van der Waals surface area contributed by atoms with E-state index in [0.717, 1.165) is 26.6 Å². The van der Waals surface area contributed by atoms with E-state index in [4.69, 9.17) is 0 Å². The van der Waals surface area contributed by atoms with Crippen LogP contribution < -0.4 is 5.32 Å². The summed E-state index contributed by atoms with van der Waals surface area (Å²) in [7, 11) is 0. The number of fused-ring (bicyclic) bond motifs is 3. The first kappa shape index (κ1) is 17.4. The number of hydrogen-bond acceptors (Lipinski definition) is 3. The maximum Gasteiger partial charge on any atom is 0.258 e. The Hall–Kier alpha value is -1.04. The van der Waals surface area contributed by atoms with E-state index in [0.29, 0.717) is 6.54 Å². The molecule has 2 heterocycles. The SMILES string of the molecule is C[C@H]1CCc2c(sc3c2CSC(C(=O)NCc2cccc(Br)c2)=C3)C1. The first-order valence-electron chi connectivity index (χ1n) is 8.60. The molecule has 2 aliphatic rings. The molecule has 25 heavy (non-hydrogen) atoms. The topological polar surface area (TPSA) is 29.1 Å². The maximum absolute atomic E-state index is 12.6. The monoisotopic (exact) mass is 433 g/mol.